The third-order valence-corrected chi connectivity index (χ3v) is 7.20. The van der Waals surface area contributed by atoms with Gasteiger partial charge in [-0.15, -0.1) is 11.3 Å². The Morgan fingerprint density at radius 3 is 2.74 bits per heavy atom. The Hall–Kier alpha value is -2.52. The van der Waals surface area contributed by atoms with Gasteiger partial charge in [-0.2, -0.15) is 0 Å². The topological polar surface area (TPSA) is 89.3 Å². The fourth-order valence-corrected chi connectivity index (χ4v) is 5.78. The molecule has 1 aliphatic heterocycles. The molecule has 1 amide bonds. The van der Waals surface area contributed by atoms with Crippen molar-refractivity contribution >= 4 is 43.0 Å². The van der Waals surface area contributed by atoms with E-state index in [0.29, 0.717) is 22.3 Å². The summed E-state index contributed by atoms with van der Waals surface area (Å²) in [7, 11) is -3.16. The third kappa shape index (κ3) is 3.52. The van der Waals surface area contributed by atoms with Crippen LogP contribution in [-0.4, -0.2) is 41.4 Å². The van der Waals surface area contributed by atoms with Crippen molar-refractivity contribution in [3.05, 3.63) is 58.5 Å². The molecule has 1 saturated heterocycles. The molecule has 0 unspecified atom stereocenters. The summed E-state index contributed by atoms with van der Waals surface area (Å²) in [6.07, 6.45) is 1.76. The number of rotatable bonds is 4. The van der Waals surface area contributed by atoms with Crippen LogP contribution in [0.4, 0.5) is 5.69 Å². The summed E-state index contributed by atoms with van der Waals surface area (Å²) in [5.41, 5.74) is 0.351. The van der Waals surface area contributed by atoms with Gasteiger partial charge >= 0.3 is 0 Å². The van der Waals surface area contributed by atoms with Crippen LogP contribution in [0.15, 0.2) is 52.9 Å². The molecule has 1 fully saturated rings. The summed E-state index contributed by atoms with van der Waals surface area (Å²) < 4.78 is 25.1. The van der Waals surface area contributed by atoms with Crippen LogP contribution in [0.25, 0.3) is 10.2 Å². The molecule has 0 saturated carbocycles. The molecule has 0 N–H and O–H groups in total. The van der Waals surface area contributed by atoms with Crippen LogP contribution in [0.2, 0.25) is 0 Å². The molecule has 3 heterocycles. The maximum Gasteiger partial charge on any atom is 0.262 e. The van der Waals surface area contributed by atoms with Crippen molar-refractivity contribution in [2.24, 2.45) is 0 Å². The van der Waals surface area contributed by atoms with Crippen molar-refractivity contribution in [3.63, 3.8) is 0 Å². The van der Waals surface area contributed by atoms with Gasteiger partial charge in [0.2, 0.25) is 5.91 Å². The Kier molecular flexibility index (Phi) is 4.56. The van der Waals surface area contributed by atoms with E-state index in [2.05, 4.69) is 4.98 Å². The van der Waals surface area contributed by atoms with E-state index >= 15 is 0 Å². The lowest BCUT2D eigenvalue weighted by atomic mass is 10.1. The van der Waals surface area contributed by atoms with Crippen LogP contribution in [-0.2, 0) is 21.2 Å². The monoisotopic (exact) mass is 403 g/mol. The van der Waals surface area contributed by atoms with Gasteiger partial charge in [-0.3, -0.25) is 14.2 Å². The minimum absolute atomic E-state index is 0.0651. The second-order valence-corrected chi connectivity index (χ2v) is 9.60. The van der Waals surface area contributed by atoms with Gasteiger partial charge in [-0.25, -0.2) is 13.4 Å². The van der Waals surface area contributed by atoms with E-state index < -0.39 is 15.9 Å². The highest BCUT2D eigenvalue weighted by Gasteiger charge is 2.35. The molecule has 140 valence electrons. The van der Waals surface area contributed by atoms with E-state index in [0.717, 1.165) is 0 Å². The minimum atomic E-state index is -3.16. The number of hydrogen-bond donors (Lipinski definition) is 0. The Morgan fingerprint density at radius 1 is 1.26 bits per heavy atom. The first kappa shape index (κ1) is 17.9. The van der Waals surface area contributed by atoms with Crippen molar-refractivity contribution in [2.45, 2.75) is 19.0 Å². The average Bonchev–Trinajstić information content (AvgIpc) is 3.25. The van der Waals surface area contributed by atoms with E-state index in [4.69, 9.17) is 0 Å². The number of anilines is 1. The number of sulfone groups is 1. The van der Waals surface area contributed by atoms with Gasteiger partial charge < -0.3 is 4.90 Å². The van der Waals surface area contributed by atoms with E-state index in [9.17, 15) is 18.0 Å². The van der Waals surface area contributed by atoms with Gasteiger partial charge in [0, 0.05) is 5.69 Å². The number of thiophene rings is 1. The SMILES string of the molecule is O=C(Cn1cnc2sccc2c1=O)N(c1ccccc1)[C@@H]1CCS(=O)(=O)C1. The van der Waals surface area contributed by atoms with E-state index in [1.807, 2.05) is 6.07 Å². The van der Waals surface area contributed by atoms with Crippen molar-refractivity contribution in [2.75, 3.05) is 16.4 Å². The molecule has 9 heteroatoms. The number of benzene rings is 1. The lowest BCUT2D eigenvalue weighted by Gasteiger charge is -2.28. The van der Waals surface area contributed by atoms with Gasteiger partial charge in [0.05, 0.1) is 29.3 Å². The molecule has 0 aliphatic carbocycles. The molecule has 0 radical (unpaired) electrons. The van der Waals surface area contributed by atoms with Crippen molar-refractivity contribution < 1.29 is 13.2 Å². The van der Waals surface area contributed by atoms with Gasteiger partial charge in [-0.1, -0.05) is 18.2 Å². The van der Waals surface area contributed by atoms with E-state index in [1.165, 1.54) is 27.1 Å². The largest absolute Gasteiger partial charge is 0.307 e. The Labute approximate surface area is 159 Å². The number of para-hydroxylation sites is 1. The van der Waals surface area contributed by atoms with Crippen LogP contribution in [0.1, 0.15) is 6.42 Å². The number of amides is 1. The number of carbonyl (C=O) groups excluding carboxylic acids is 1. The van der Waals surface area contributed by atoms with Crippen LogP contribution >= 0.6 is 11.3 Å². The number of hydrogen-bond acceptors (Lipinski definition) is 6. The molecule has 27 heavy (non-hydrogen) atoms. The van der Waals surface area contributed by atoms with Crippen molar-refractivity contribution in [3.8, 4) is 0 Å². The number of nitrogens with zero attached hydrogens (tertiary/aromatic N) is 3. The number of fused-ring (bicyclic) bond motifs is 1. The lowest BCUT2D eigenvalue weighted by Crippen LogP contribution is -2.44. The van der Waals surface area contributed by atoms with Gasteiger partial charge in [0.15, 0.2) is 9.84 Å². The maximum atomic E-state index is 13.1. The molecule has 0 bridgehead atoms. The van der Waals surface area contributed by atoms with Crippen molar-refractivity contribution in [1.82, 2.24) is 9.55 Å². The highest BCUT2D eigenvalue weighted by molar-refractivity contribution is 7.91. The average molecular weight is 403 g/mol. The summed E-state index contributed by atoms with van der Waals surface area (Å²) in [5, 5.41) is 2.26. The first-order valence-corrected chi connectivity index (χ1v) is 11.1. The molecule has 1 aromatic carbocycles. The third-order valence-electron chi connectivity index (χ3n) is 4.63. The molecule has 0 spiro atoms. The highest BCUT2D eigenvalue weighted by atomic mass is 32.2. The molecular weight excluding hydrogens is 386 g/mol. The predicted molar refractivity (Wildman–Crippen MR) is 105 cm³/mol. The lowest BCUT2D eigenvalue weighted by molar-refractivity contribution is -0.119. The van der Waals surface area contributed by atoms with Crippen LogP contribution in [0.5, 0.6) is 0 Å². The second-order valence-electron chi connectivity index (χ2n) is 6.47. The quantitative estimate of drug-likeness (QED) is 0.661. The van der Waals surface area contributed by atoms with Crippen LogP contribution in [0.3, 0.4) is 0 Å². The summed E-state index contributed by atoms with van der Waals surface area (Å²) >= 11 is 1.37. The standard InChI is InChI=1S/C18H17N3O4S2/c22-16(10-20-12-19-17-15(18(20)23)6-8-26-17)21(13-4-2-1-3-5-13)14-7-9-27(24,25)11-14/h1-6,8,12,14H,7,9-11H2/t14-/m1/s1. The van der Waals surface area contributed by atoms with Gasteiger partial charge in [0.25, 0.3) is 5.56 Å². The van der Waals surface area contributed by atoms with E-state index in [-0.39, 0.29) is 29.5 Å². The Bertz CT molecular complexity index is 1150. The fourth-order valence-electron chi connectivity index (χ4n) is 3.35. The minimum Gasteiger partial charge on any atom is -0.307 e. The molecular formula is C18H17N3O4S2. The Balaban J connectivity index is 1.68. The van der Waals surface area contributed by atoms with Gasteiger partial charge in [-0.05, 0) is 30.0 Å². The summed E-state index contributed by atoms with van der Waals surface area (Å²) in [6, 6.07) is 10.2. The normalized spacial score (nSPS) is 18.6. The first-order chi connectivity index (χ1) is 12.9. The zero-order valence-corrected chi connectivity index (χ0v) is 15.9. The molecule has 7 nitrogen and oxygen atoms in total. The summed E-state index contributed by atoms with van der Waals surface area (Å²) in [4.78, 5) is 32.0. The molecule has 1 atom stereocenters. The van der Waals surface area contributed by atoms with Crippen molar-refractivity contribution in [1.29, 1.82) is 0 Å². The molecule has 1 aliphatic rings. The zero-order chi connectivity index (χ0) is 19.0. The fraction of sp³-hybridized carbons (Fsp3) is 0.278. The highest BCUT2D eigenvalue weighted by Crippen LogP contribution is 2.25. The molecule has 2 aromatic heterocycles. The number of aromatic nitrogens is 2. The second kappa shape index (κ2) is 6.90. The Morgan fingerprint density at radius 2 is 2.04 bits per heavy atom. The van der Waals surface area contributed by atoms with Crippen LogP contribution in [0, 0.1) is 0 Å². The number of carbonyl (C=O) groups is 1. The van der Waals surface area contributed by atoms with Crippen LogP contribution < -0.4 is 10.5 Å². The summed E-state index contributed by atoms with van der Waals surface area (Å²) in [5.74, 6) is -0.331. The maximum absolute atomic E-state index is 13.1. The predicted octanol–water partition coefficient (Wildman–Crippen LogP) is 1.68. The molecule has 4 rings (SSSR count). The first-order valence-electron chi connectivity index (χ1n) is 8.45. The molecule has 3 aromatic rings. The summed E-state index contributed by atoms with van der Waals surface area (Å²) in [6.45, 7) is -0.191. The smallest absolute Gasteiger partial charge is 0.262 e. The zero-order valence-electron chi connectivity index (χ0n) is 14.3. The van der Waals surface area contributed by atoms with E-state index in [1.54, 1.807) is 35.7 Å². The van der Waals surface area contributed by atoms with Gasteiger partial charge in [0.1, 0.15) is 11.4 Å².